The first-order valence-electron chi connectivity index (χ1n) is 4.80. The number of allylic oxidation sites excluding steroid dienone is 3. The molecule has 0 fully saturated rings. The van der Waals surface area contributed by atoms with Crippen LogP contribution in [0.2, 0.25) is 0 Å². The predicted octanol–water partition coefficient (Wildman–Crippen LogP) is 2.05. The fourth-order valence-electron chi connectivity index (χ4n) is 1.46. The number of rotatable bonds is 3. The summed E-state index contributed by atoms with van der Waals surface area (Å²) in [5.74, 6) is 0.867. The van der Waals surface area contributed by atoms with Crippen LogP contribution in [0.15, 0.2) is 23.5 Å². The van der Waals surface area contributed by atoms with Gasteiger partial charge < -0.3 is 9.47 Å². The molecule has 1 aliphatic carbocycles. The summed E-state index contributed by atoms with van der Waals surface area (Å²) in [5.41, 5.74) is 0.729. The van der Waals surface area contributed by atoms with E-state index in [2.05, 4.69) is 0 Å². The lowest BCUT2D eigenvalue weighted by Crippen LogP contribution is -2.17. The van der Waals surface area contributed by atoms with E-state index < -0.39 is 0 Å². The molecular weight excluding hydrogens is 180 g/mol. The van der Waals surface area contributed by atoms with Crippen LogP contribution in [0.25, 0.3) is 0 Å². The Bertz CT molecular complexity index is 276. The molecule has 0 aromatic heterocycles. The summed E-state index contributed by atoms with van der Waals surface area (Å²) in [5, 5.41) is 0. The van der Waals surface area contributed by atoms with Crippen molar-refractivity contribution in [1.29, 1.82) is 0 Å². The first kappa shape index (κ1) is 10.8. The number of methoxy groups -OCH3 is 1. The number of carbonyl (C=O) groups is 1. The molecule has 0 bridgehead atoms. The van der Waals surface area contributed by atoms with Gasteiger partial charge in [0.2, 0.25) is 0 Å². The molecule has 0 aromatic rings. The fraction of sp³-hybridized carbons (Fsp3) is 0.545. The topological polar surface area (TPSA) is 35.5 Å². The summed E-state index contributed by atoms with van der Waals surface area (Å²) >= 11 is 0. The van der Waals surface area contributed by atoms with Crippen LogP contribution in [0.5, 0.6) is 0 Å². The number of carbonyl (C=O) groups excluding carboxylic acids is 1. The van der Waals surface area contributed by atoms with Gasteiger partial charge in [-0.25, -0.2) is 4.79 Å². The minimum atomic E-state index is -0.216. The largest absolute Gasteiger partial charge is 0.501 e. The SMILES string of the molecule is CCOC(=O)C1=CC=C(OC)C[C@@H]1C. The van der Waals surface area contributed by atoms with Crippen molar-refractivity contribution >= 4 is 5.97 Å². The van der Waals surface area contributed by atoms with E-state index >= 15 is 0 Å². The van der Waals surface area contributed by atoms with Gasteiger partial charge in [0.25, 0.3) is 0 Å². The van der Waals surface area contributed by atoms with Gasteiger partial charge in [-0.2, -0.15) is 0 Å². The van der Waals surface area contributed by atoms with E-state index in [1.54, 1.807) is 13.2 Å². The van der Waals surface area contributed by atoms with Gasteiger partial charge in [0.15, 0.2) is 0 Å². The lowest BCUT2D eigenvalue weighted by molar-refractivity contribution is -0.139. The lowest BCUT2D eigenvalue weighted by Gasteiger charge is -2.19. The Kier molecular flexibility index (Phi) is 3.74. The number of esters is 1. The van der Waals surface area contributed by atoms with Crippen LogP contribution in [0, 0.1) is 5.92 Å². The third-order valence-corrected chi connectivity index (χ3v) is 2.26. The van der Waals surface area contributed by atoms with E-state index in [0.29, 0.717) is 6.61 Å². The highest BCUT2D eigenvalue weighted by molar-refractivity contribution is 5.89. The number of hydrogen-bond donors (Lipinski definition) is 0. The van der Waals surface area contributed by atoms with Crippen LogP contribution < -0.4 is 0 Å². The molecule has 1 atom stereocenters. The molecule has 1 rings (SSSR count). The second-order valence-corrected chi connectivity index (χ2v) is 3.28. The van der Waals surface area contributed by atoms with Gasteiger partial charge in [0.05, 0.1) is 19.5 Å². The molecule has 0 aromatic carbocycles. The maximum absolute atomic E-state index is 11.4. The Morgan fingerprint density at radius 3 is 2.79 bits per heavy atom. The van der Waals surface area contributed by atoms with E-state index in [1.807, 2.05) is 19.9 Å². The lowest BCUT2D eigenvalue weighted by atomic mass is 9.92. The Hall–Kier alpha value is -1.25. The molecule has 3 nitrogen and oxygen atoms in total. The Labute approximate surface area is 84.4 Å². The Morgan fingerprint density at radius 1 is 1.57 bits per heavy atom. The van der Waals surface area contributed by atoms with Gasteiger partial charge in [-0.15, -0.1) is 0 Å². The summed E-state index contributed by atoms with van der Waals surface area (Å²) < 4.78 is 10.1. The minimum absolute atomic E-state index is 0.175. The van der Waals surface area contributed by atoms with Crippen molar-refractivity contribution in [3.63, 3.8) is 0 Å². The Morgan fingerprint density at radius 2 is 2.29 bits per heavy atom. The molecule has 0 aliphatic heterocycles. The minimum Gasteiger partial charge on any atom is -0.501 e. The normalized spacial score (nSPS) is 20.9. The van der Waals surface area contributed by atoms with E-state index in [9.17, 15) is 4.79 Å². The molecule has 1 aliphatic rings. The van der Waals surface area contributed by atoms with Crippen LogP contribution in [0.1, 0.15) is 20.3 Å². The highest BCUT2D eigenvalue weighted by Gasteiger charge is 2.21. The van der Waals surface area contributed by atoms with Crippen molar-refractivity contribution in [3.05, 3.63) is 23.5 Å². The third-order valence-electron chi connectivity index (χ3n) is 2.26. The average Bonchev–Trinajstić information content (AvgIpc) is 2.17. The predicted molar refractivity (Wildman–Crippen MR) is 53.6 cm³/mol. The van der Waals surface area contributed by atoms with Gasteiger partial charge >= 0.3 is 5.97 Å². The molecule has 0 saturated carbocycles. The zero-order chi connectivity index (χ0) is 10.6. The summed E-state index contributed by atoms with van der Waals surface area (Å²) in [4.78, 5) is 11.4. The first-order valence-corrected chi connectivity index (χ1v) is 4.80. The molecule has 14 heavy (non-hydrogen) atoms. The van der Waals surface area contributed by atoms with E-state index in [-0.39, 0.29) is 11.9 Å². The molecule has 0 unspecified atom stereocenters. The molecule has 0 N–H and O–H groups in total. The molecule has 3 heteroatoms. The molecular formula is C11H16O3. The molecule has 0 heterocycles. The highest BCUT2D eigenvalue weighted by Crippen LogP contribution is 2.25. The van der Waals surface area contributed by atoms with Crippen LogP contribution >= 0.6 is 0 Å². The second kappa shape index (κ2) is 4.84. The zero-order valence-corrected chi connectivity index (χ0v) is 8.87. The van der Waals surface area contributed by atoms with Crippen molar-refractivity contribution in [1.82, 2.24) is 0 Å². The van der Waals surface area contributed by atoms with Gasteiger partial charge in [-0.05, 0) is 25.0 Å². The highest BCUT2D eigenvalue weighted by atomic mass is 16.5. The standard InChI is InChI=1S/C11H16O3/c1-4-14-11(12)10-6-5-9(13-3)7-8(10)2/h5-6,8H,4,7H2,1-3H3/t8-/m0/s1. The maximum atomic E-state index is 11.4. The average molecular weight is 196 g/mol. The van der Waals surface area contributed by atoms with Gasteiger partial charge in [-0.1, -0.05) is 6.92 Å². The maximum Gasteiger partial charge on any atom is 0.334 e. The van der Waals surface area contributed by atoms with Crippen LogP contribution in [0.3, 0.4) is 0 Å². The molecule has 78 valence electrons. The van der Waals surface area contributed by atoms with Crippen molar-refractivity contribution in [3.8, 4) is 0 Å². The fourth-order valence-corrected chi connectivity index (χ4v) is 1.46. The van der Waals surface area contributed by atoms with E-state index in [0.717, 1.165) is 17.8 Å². The first-order chi connectivity index (χ1) is 6.69. The van der Waals surface area contributed by atoms with Crippen molar-refractivity contribution in [2.24, 2.45) is 5.92 Å². The van der Waals surface area contributed by atoms with Crippen molar-refractivity contribution < 1.29 is 14.3 Å². The van der Waals surface area contributed by atoms with Gasteiger partial charge in [0, 0.05) is 12.0 Å². The van der Waals surface area contributed by atoms with Crippen molar-refractivity contribution in [2.75, 3.05) is 13.7 Å². The number of hydrogen-bond acceptors (Lipinski definition) is 3. The smallest absolute Gasteiger partial charge is 0.334 e. The third kappa shape index (κ3) is 2.37. The second-order valence-electron chi connectivity index (χ2n) is 3.28. The van der Waals surface area contributed by atoms with Crippen LogP contribution in [0.4, 0.5) is 0 Å². The molecule has 0 spiro atoms. The zero-order valence-electron chi connectivity index (χ0n) is 8.87. The summed E-state index contributed by atoms with van der Waals surface area (Å²) in [6, 6.07) is 0. The quantitative estimate of drug-likeness (QED) is 0.648. The van der Waals surface area contributed by atoms with Gasteiger partial charge in [-0.3, -0.25) is 0 Å². The van der Waals surface area contributed by atoms with Crippen LogP contribution in [-0.4, -0.2) is 19.7 Å². The van der Waals surface area contributed by atoms with Crippen molar-refractivity contribution in [2.45, 2.75) is 20.3 Å². The Balaban J connectivity index is 2.74. The van der Waals surface area contributed by atoms with Crippen LogP contribution in [-0.2, 0) is 14.3 Å². The molecule has 0 radical (unpaired) electrons. The summed E-state index contributed by atoms with van der Waals surface area (Å²) in [6.45, 7) is 4.22. The van der Waals surface area contributed by atoms with E-state index in [1.165, 1.54) is 0 Å². The van der Waals surface area contributed by atoms with Gasteiger partial charge in [0.1, 0.15) is 0 Å². The molecule has 0 amide bonds. The summed E-state index contributed by atoms with van der Waals surface area (Å²) in [7, 11) is 1.64. The van der Waals surface area contributed by atoms with E-state index in [4.69, 9.17) is 9.47 Å². The number of ether oxygens (including phenoxy) is 2. The monoisotopic (exact) mass is 196 g/mol. The molecule has 0 saturated heterocycles. The summed E-state index contributed by atoms with van der Waals surface area (Å²) in [6.07, 6.45) is 4.37.